The summed E-state index contributed by atoms with van der Waals surface area (Å²) in [5.74, 6) is 4.02. The summed E-state index contributed by atoms with van der Waals surface area (Å²) in [5, 5.41) is 4.23. The van der Waals surface area contributed by atoms with E-state index in [0.717, 1.165) is 44.7 Å². The number of carbonyl (C=O) groups is 1. The molecule has 1 aliphatic heterocycles. The van der Waals surface area contributed by atoms with E-state index in [4.69, 9.17) is 4.74 Å². The van der Waals surface area contributed by atoms with Crippen LogP contribution in [0.25, 0.3) is 0 Å². The third-order valence-corrected chi connectivity index (χ3v) is 19.3. The van der Waals surface area contributed by atoms with Gasteiger partial charge in [0.15, 0.2) is 9.84 Å². The molecule has 0 aromatic rings. The molecular formula is C45H72N2O4S. The number of nitrogens with one attached hydrogen (secondary N) is 1. The van der Waals surface area contributed by atoms with E-state index >= 15 is 0 Å². The second-order valence-corrected chi connectivity index (χ2v) is 22.5. The molecule has 6 nitrogen and oxygen atoms in total. The van der Waals surface area contributed by atoms with Crippen LogP contribution in [-0.4, -0.2) is 69.1 Å². The van der Waals surface area contributed by atoms with Crippen LogP contribution in [0.5, 0.6) is 0 Å². The first-order chi connectivity index (χ1) is 24.5. The lowest BCUT2D eigenvalue weighted by molar-refractivity contribution is -0.221. The second kappa shape index (κ2) is 13.9. The molecule has 0 spiro atoms. The number of hydrogen-bond acceptors (Lipinski definition) is 6. The number of allylic oxidation sites excluding steroid dienone is 5. The summed E-state index contributed by atoms with van der Waals surface area (Å²) in [6.45, 7) is 25.8. The zero-order valence-corrected chi connectivity index (χ0v) is 34.8. The summed E-state index contributed by atoms with van der Waals surface area (Å²) in [6.07, 6.45) is 20.7. The molecule has 9 atom stereocenters. The smallest absolute Gasteiger partial charge is 0.308 e. The molecule has 0 aromatic carbocycles. The van der Waals surface area contributed by atoms with Gasteiger partial charge in [0.05, 0.1) is 24.0 Å². The Morgan fingerprint density at radius 1 is 0.942 bits per heavy atom. The lowest BCUT2D eigenvalue weighted by Crippen LogP contribution is -2.68. The largest absolute Gasteiger partial charge is 0.466 e. The predicted molar refractivity (Wildman–Crippen MR) is 213 cm³/mol. The molecule has 5 saturated carbocycles. The minimum atomic E-state index is -2.85. The van der Waals surface area contributed by atoms with Crippen molar-refractivity contribution in [1.29, 1.82) is 0 Å². The van der Waals surface area contributed by atoms with Crippen molar-refractivity contribution in [3.63, 3.8) is 0 Å². The summed E-state index contributed by atoms with van der Waals surface area (Å²) >= 11 is 0. The number of hydrogen-bond donors (Lipinski definition) is 1. The van der Waals surface area contributed by atoms with Crippen molar-refractivity contribution < 1.29 is 17.9 Å². The van der Waals surface area contributed by atoms with E-state index < -0.39 is 9.84 Å². The normalized spacial score (nSPS) is 44.0. The highest BCUT2D eigenvalue weighted by molar-refractivity contribution is 7.91. The highest BCUT2D eigenvalue weighted by Crippen LogP contribution is 2.76. The predicted octanol–water partition coefficient (Wildman–Crippen LogP) is 8.93. The van der Waals surface area contributed by atoms with E-state index in [1.807, 2.05) is 6.92 Å². The number of carbonyl (C=O) groups excluding carboxylic acids is 1. The summed E-state index contributed by atoms with van der Waals surface area (Å²) in [5.41, 5.74) is 5.71. The van der Waals surface area contributed by atoms with Crippen molar-refractivity contribution in [2.75, 3.05) is 44.3 Å². The fourth-order valence-electron chi connectivity index (χ4n) is 14.6. The zero-order chi connectivity index (χ0) is 37.3. The molecule has 7 aliphatic rings. The SMILES string of the molecule is C=C(C)[C@@H]1CC[C@]2(NCCN3CCS(=O)(=O)CC3)CC[C@]3(C)[C@H](CC[C@@H]4[C@@]5(C)CC=C(C=C6CCC(C(=O)OCC)CC6)C(C)(C)[C@@H]5CC[C@]43C)[C@@H]12. The molecule has 0 aromatic heterocycles. The number of esters is 1. The van der Waals surface area contributed by atoms with Gasteiger partial charge in [0.25, 0.3) is 0 Å². The molecule has 1 saturated heterocycles. The van der Waals surface area contributed by atoms with Crippen LogP contribution < -0.4 is 5.32 Å². The molecule has 7 rings (SSSR count). The van der Waals surface area contributed by atoms with Gasteiger partial charge >= 0.3 is 5.97 Å². The van der Waals surface area contributed by atoms with Crippen LogP contribution >= 0.6 is 0 Å². The number of sulfone groups is 1. The van der Waals surface area contributed by atoms with Gasteiger partial charge in [-0.05, 0) is 154 Å². The maximum Gasteiger partial charge on any atom is 0.308 e. The van der Waals surface area contributed by atoms with Crippen molar-refractivity contribution >= 4 is 15.8 Å². The molecule has 0 amide bonds. The number of nitrogens with zero attached hydrogens (tertiary/aromatic N) is 1. The molecule has 292 valence electrons. The molecule has 1 heterocycles. The van der Waals surface area contributed by atoms with Crippen molar-refractivity contribution in [2.24, 2.45) is 57.2 Å². The van der Waals surface area contributed by atoms with Gasteiger partial charge in [0.1, 0.15) is 0 Å². The summed E-state index contributed by atoms with van der Waals surface area (Å²) in [6, 6.07) is 0. The van der Waals surface area contributed by atoms with Crippen LogP contribution in [0, 0.1) is 57.2 Å². The molecule has 7 heteroatoms. The van der Waals surface area contributed by atoms with E-state index in [9.17, 15) is 13.2 Å². The molecule has 52 heavy (non-hydrogen) atoms. The van der Waals surface area contributed by atoms with Crippen LogP contribution in [0.15, 0.2) is 35.5 Å². The van der Waals surface area contributed by atoms with Crippen molar-refractivity contribution in [2.45, 2.75) is 137 Å². The van der Waals surface area contributed by atoms with Crippen LogP contribution in [0.4, 0.5) is 0 Å². The van der Waals surface area contributed by atoms with E-state index in [0.29, 0.717) is 71.1 Å². The van der Waals surface area contributed by atoms with Gasteiger partial charge in [0, 0.05) is 31.7 Å². The Hall–Kier alpha value is -1.44. The van der Waals surface area contributed by atoms with Crippen LogP contribution in [-0.2, 0) is 19.4 Å². The van der Waals surface area contributed by atoms with Crippen LogP contribution in [0.3, 0.4) is 0 Å². The first-order valence-electron chi connectivity index (χ1n) is 21.4. The first-order valence-corrected chi connectivity index (χ1v) is 23.2. The third kappa shape index (κ3) is 6.35. The van der Waals surface area contributed by atoms with Crippen molar-refractivity contribution in [3.05, 3.63) is 35.5 Å². The lowest BCUT2D eigenvalue weighted by Gasteiger charge is -2.72. The number of rotatable bonds is 8. The van der Waals surface area contributed by atoms with Gasteiger partial charge in [-0.3, -0.25) is 4.79 Å². The summed E-state index contributed by atoms with van der Waals surface area (Å²) < 4.78 is 29.4. The Morgan fingerprint density at radius 2 is 1.65 bits per heavy atom. The van der Waals surface area contributed by atoms with Gasteiger partial charge in [-0.25, -0.2) is 8.42 Å². The molecule has 0 unspecified atom stereocenters. The summed E-state index contributed by atoms with van der Waals surface area (Å²) in [4.78, 5) is 14.8. The minimum absolute atomic E-state index is 0.000230. The quantitative estimate of drug-likeness (QED) is 0.198. The average molecular weight is 737 g/mol. The van der Waals surface area contributed by atoms with Gasteiger partial charge in [0.2, 0.25) is 0 Å². The van der Waals surface area contributed by atoms with E-state index in [1.54, 1.807) is 5.57 Å². The standard InChI is InChI=1S/C45H72N2O4S/c1-9-51-40(48)33-12-10-32(11-13-33)30-34-16-19-42(6)37(41(34,4)5)18-20-44(8)38(42)15-14-36-39-35(31(2)3)17-21-45(39,23-22-43(36,44)7)46-24-25-47-26-28-52(49,50)29-27-47/h16,30,33,35-39,46H,2,9-15,17-29H2,1,3-8H3/t33?,35-,36+,37-,38+,39+,42-,43+,44+,45-/m0/s1. The number of ether oxygens (including phenoxy) is 1. The van der Waals surface area contributed by atoms with Gasteiger partial charge in [-0.15, -0.1) is 0 Å². The molecule has 1 N–H and O–H groups in total. The van der Waals surface area contributed by atoms with Gasteiger partial charge in [-0.2, -0.15) is 0 Å². The Morgan fingerprint density at radius 3 is 2.33 bits per heavy atom. The Bertz CT molecular complexity index is 1560. The highest BCUT2D eigenvalue weighted by atomic mass is 32.2. The Balaban J connectivity index is 1.09. The molecule has 0 bridgehead atoms. The van der Waals surface area contributed by atoms with Crippen molar-refractivity contribution in [3.8, 4) is 0 Å². The minimum Gasteiger partial charge on any atom is -0.466 e. The fraction of sp³-hybridized carbons (Fsp3) is 0.844. The third-order valence-electron chi connectivity index (χ3n) is 17.7. The zero-order valence-electron chi connectivity index (χ0n) is 34.0. The highest BCUT2D eigenvalue weighted by Gasteiger charge is 2.70. The molecule has 0 radical (unpaired) electrons. The topological polar surface area (TPSA) is 75.7 Å². The van der Waals surface area contributed by atoms with Crippen LogP contribution in [0.2, 0.25) is 0 Å². The Kier molecular flexibility index (Phi) is 10.4. The molecular weight excluding hydrogens is 665 g/mol. The van der Waals surface area contributed by atoms with E-state index in [-0.39, 0.29) is 22.8 Å². The van der Waals surface area contributed by atoms with Crippen LogP contribution in [0.1, 0.15) is 132 Å². The Labute approximate surface area is 317 Å². The molecule has 6 aliphatic carbocycles. The van der Waals surface area contributed by atoms with E-state index in [1.165, 1.54) is 68.9 Å². The monoisotopic (exact) mass is 737 g/mol. The second-order valence-electron chi connectivity index (χ2n) is 20.2. The summed E-state index contributed by atoms with van der Waals surface area (Å²) in [7, 11) is -2.85. The fourth-order valence-corrected chi connectivity index (χ4v) is 15.9. The van der Waals surface area contributed by atoms with Gasteiger partial charge < -0.3 is 15.0 Å². The average Bonchev–Trinajstić information content (AvgIpc) is 3.48. The van der Waals surface area contributed by atoms with E-state index in [2.05, 4.69) is 70.5 Å². The molecule has 6 fully saturated rings. The maximum atomic E-state index is 12.4. The first kappa shape index (κ1) is 38.8. The van der Waals surface area contributed by atoms with Gasteiger partial charge in [-0.1, -0.05) is 64.5 Å². The van der Waals surface area contributed by atoms with Crippen molar-refractivity contribution in [1.82, 2.24) is 10.2 Å². The maximum absolute atomic E-state index is 12.4. The lowest BCUT2D eigenvalue weighted by atomic mass is 9.33. The number of fused-ring (bicyclic) bond motifs is 7.